The van der Waals surface area contributed by atoms with Crippen molar-refractivity contribution in [1.29, 1.82) is 0 Å². The van der Waals surface area contributed by atoms with Gasteiger partial charge in [0.2, 0.25) is 0 Å². The number of carbonyl (C=O) groups is 1. The lowest BCUT2D eigenvalue weighted by molar-refractivity contribution is 0.0689. The second-order valence-electron chi connectivity index (χ2n) is 5.85. The number of amides is 2. The molecule has 2 aliphatic heterocycles. The van der Waals surface area contributed by atoms with Crippen molar-refractivity contribution in [3.63, 3.8) is 0 Å². The van der Waals surface area contributed by atoms with Crippen LogP contribution in [0.15, 0.2) is 0 Å². The van der Waals surface area contributed by atoms with Gasteiger partial charge in [-0.05, 0) is 34.1 Å². The maximum Gasteiger partial charge on any atom is 0.317 e. The van der Waals surface area contributed by atoms with Crippen molar-refractivity contribution in [3.8, 4) is 0 Å². The summed E-state index contributed by atoms with van der Waals surface area (Å²) < 4.78 is 0. The highest BCUT2D eigenvalue weighted by Crippen LogP contribution is 2.35. The first-order valence-corrected chi connectivity index (χ1v) is 6.24. The number of piperazine rings is 1. The molecule has 0 aromatic carbocycles. The number of likely N-dealkylation sites (tertiary alicyclic amines) is 2. The van der Waals surface area contributed by atoms with E-state index < -0.39 is 0 Å². The van der Waals surface area contributed by atoms with E-state index in [9.17, 15) is 4.79 Å². The zero-order valence-electron chi connectivity index (χ0n) is 10.8. The normalized spacial score (nSPS) is 29.9. The Morgan fingerprint density at radius 2 is 2.00 bits per heavy atom. The van der Waals surface area contributed by atoms with E-state index >= 15 is 0 Å². The fraction of sp³-hybridized carbons (Fsp3) is 0.917. The summed E-state index contributed by atoms with van der Waals surface area (Å²) in [4.78, 5) is 16.3. The predicted molar refractivity (Wildman–Crippen MR) is 64.4 cm³/mol. The van der Waals surface area contributed by atoms with E-state index in [2.05, 4.69) is 31.0 Å². The zero-order valence-corrected chi connectivity index (χ0v) is 10.8. The predicted octanol–water partition coefficient (Wildman–Crippen LogP) is 1.27. The Kier molecular flexibility index (Phi) is 2.86. The largest absolute Gasteiger partial charge is 0.338 e. The Labute approximate surface area is 98.0 Å². The Morgan fingerprint density at radius 1 is 1.31 bits per heavy atom. The maximum atomic E-state index is 11.8. The number of nitrogens with one attached hydrogen (secondary N) is 1. The highest BCUT2D eigenvalue weighted by atomic mass is 16.2. The van der Waals surface area contributed by atoms with Crippen molar-refractivity contribution in [2.75, 3.05) is 19.6 Å². The molecule has 0 radical (unpaired) electrons. The van der Waals surface area contributed by atoms with E-state index in [0.29, 0.717) is 12.1 Å². The van der Waals surface area contributed by atoms with Crippen LogP contribution in [0.5, 0.6) is 0 Å². The molecule has 1 N–H and O–H groups in total. The van der Waals surface area contributed by atoms with Gasteiger partial charge in [0.25, 0.3) is 0 Å². The number of hydrogen-bond acceptors (Lipinski definition) is 2. The highest BCUT2D eigenvalue weighted by Gasteiger charge is 2.48. The monoisotopic (exact) mass is 225 g/mol. The average Bonchev–Trinajstić information content (AvgIpc) is 2.74. The number of nitrogens with zero attached hydrogens (tertiary/aromatic N) is 2. The van der Waals surface area contributed by atoms with Crippen molar-refractivity contribution in [1.82, 2.24) is 15.1 Å². The lowest BCUT2D eigenvalue weighted by Gasteiger charge is -2.41. The van der Waals surface area contributed by atoms with Crippen LogP contribution >= 0.6 is 0 Å². The highest BCUT2D eigenvalue weighted by molar-refractivity contribution is 5.75. The van der Waals surface area contributed by atoms with Gasteiger partial charge in [-0.2, -0.15) is 0 Å². The SMILES string of the molecule is CCNC(=O)N1C[C@@H]2C[C@H]1CN2C(C)(C)C. The zero-order chi connectivity index (χ0) is 11.9. The van der Waals surface area contributed by atoms with Gasteiger partial charge in [-0.1, -0.05) is 0 Å². The minimum absolute atomic E-state index is 0.114. The van der Waals surface area contributed by atoms with Gasteiger partial charge in [0.05, 0.1) is 0 Å². The summed E-state index contributed by atoms with van der Waals surface area (Å²) in [6, 6.07) is 1.10. The quantitative estimate of drug-likeness (QED) is 0.729. The van der Waals surface area contributed by atoms with Crippen LogP contribution < -0.4 is 5.32 Å². The molecule has 2 aliphatic rings. The summed E-state index contributed by atoms with van der Waals surface area (Å²) in [5, 5.41) is 2.89. The van der Waals surface area contributed by atoms with E-state index in [1.165, 1.54) is 0 Å². The van der Waals surface area contributed by atoms with Gasteiger partial charge in [0, 0.05) is 37.3 Å². The van der Waals surface area contributed by atoms with E-state index in [1.807, 2.05) is 11.8 Å². The van der Waals surface area contributed by atoms with Crippen molar-refractivity contribution in [3.05, 3.63) is 0 Å². The summed E-state index contributed by atoms with van der Waals surface area (Å²) >= 11 is 0. The molecule has 0 spiro atoms. The minimum atomic E-state index is 0.114. The summed E-state index contributed by atoms with van der Waals surface area (Å²) in [6.45, 7) is 11.4. The number of hydrogen-bond donors (Lipinski definition) is 1. The molecule has 16 heavy (non-hydrogen) atoms. The van der Waals surface area contributed by atoms with Crippen molar-refractivity contribution < 1.29 is 4.79 Å². The summed E-state index contributed by atoms with van der Waals surface area (Å²) in [7, 11) is 0. The van der Waals surface area contributed by atoms with E-state index in [1.54, 1.807) is 0 Å². The van der Waals surface area contributed by atoms with Gasteiger partial charge in [0.15, 0.2) is 0 Å². The Hall–Kier alpha value is -0.770. The molecule has 2 bridgehead atoms. The van der Waals surface area contributed by atoms with Gasteiger partial charge in [-0.3, -0.25) is 4.90 Å². The first-order chi connectivity index (χ1) is 7.43. The minimum Gasteiger partial charge on any atom is -0.338 e. The van der Waals surface area contributed by atoms with Gasteiger partial charge < -0.3 is 10.2 Å². The van der Waals surface area contributed by atoms with Gasteiger partial charge in [-0.15, -0.1) is 0 Å². The molecule has 0 aromatic heterocycles. The molecule has 2 atom stereocenters. The third kappa shape index (κ3) is 1.90. The fourth-order valence-electron chi connectivity index (χ4n) is 2.99. The van der Waals surface area contributed by atoms with Crippen molar-refractivity contribution in [2.45, 2.75) is 51.7 Å². The van der Waals surface area contributed by atoms with Crippen LogP contribution in [0.3, 0.4) is 0 Å². The molecular formula is C12H23N3O. The molecule has 0 aliphatic carbocycles. The number of fused-ring (bicyclic) bond motifs is 2. The van der Waals surface area contributed by atoms with Gasteiger partial charge in [0.1, 0.15) is 0 Å². The molecule has 2 amide bonds. The van der Waals surface area contributed by atoms with Gasteiger partial charge in [-0.25, -0.2) is 4.79 Å². The second-order valence-corrected chi connectivity index (χ2v) is 5.85. The van der Waals surface area contributed by atoms with Crippen LogP contribution in [0.2, 0.25) is 0 Å². The molecule has 2 fully saturated rings. The van der Waals surface area contributed by atoms with Crippen LogP contribution in [0.25, 0.3) is 0 Å². The first-order valence-electron chi connectivity index (χ1n) is 6.24. The molecule has 0 aromatic rings. The van der Waals surface area contributed by atoms with E-state index in [-0.39, 0.29) is 11.6 Å². The summed E-state index contributed by atoms with van der Waals surface area (Å²) in [6.07, 6.45) is 1.15. The molecule has 2 heterocycles. The molecule has 0 unspecified atom stereocenters. The Bertz CT molecular complexity index is 284. The first kappa shape index (κ1) is 11.7. The number of carbonyl (C=O) groups excluding carboxylic acids is 1. The molecule has 4 nitrogen and oxygen atoms in total. The van der Waals surface area contributed by atoms with Crippen LogP contribution in [-0.2, 0) is 0 Å². The average molecular weight is 225 g/mol. The second kappa shape index (κ2) is 3.91. The molecule has 0 saturated carbocycles. The molecular weight excluding hydrogens is 202 g/mol. The standard InChI is InChI=1S/C12H23N3O/c1-5-13-11(16)14-7-10-6-9(14)8-15(10)12(2,3)4/h9-10H,5-8H2,1-4H3,(H,13,16)/t9-,10-/m0/s1. The number of urea groups is 1. The summed E-state index contributed by atoms with van der Waals surface area (Å²) in [5.74, 6) is 0. The van der Waals surface area contributed by atoms with Gasteiger partial charge >= 0.3 is 6.03 Å². The Morgan fingerprint density at radius 3 is 2.44 bits per heavy atom. The van der Waals surface area contributed by atoms with Crippen LogP contribution in [0, 0.1) is 0 Å². The molecule has 92 valence electrons. The van der Waals surface area contributed by atoms with E-state index in [0.717, 1.165) is 26.1 Å². The smallest absolute Gasteiger partial charge is 0.317 e. The van der Waals surface area contributed by atoms with Crippen LogP contribution in [-0.4, -0.2) is 53.1 Å². The number of rotatable bonds is 1. The summed E-state index contributed by atoms with van der Waals surface area (Å²) in [5.41, 5.74) is 0.229. The van der Waals surface area contributed by atoms with Crippen molar-refractivity contribution in [2.24, 2.45) is 0 Å². The van der Waals surface area contributed by atoms with Crippen LogP contribution in [0.4, 0.5) is 4.79 Å². The van der Waals surface area contributed by atoms with Crippen molar-refractivity contribution >= 4 is 6.03 Å². The lowest BCUT2D eigenvalue weighted by Crippen LogP contribution is -2.56. The molecule has 4 heteroatoms. The topological polar surface area (TPSA) is 35.6 Å². The fourth-order valence-corrected chi connectivity index (χ4v) is 2.99. The lowest BCUT2D eigenvalue weighted by atomic mass is 10.0. The van der Waals surface area contributed by atoms with Crippen LogP contribution in [0.1, 0.15) is 34.1 Å². The van der Waals surface area contributed by atoms with E-state index in [4.69, 9.17) is 0 Å². The molecule has 2 rings (SSSR count). The maximum absolute atomic E-state index is 11.8. The molecule has 2 saturated heterocycles. The third-order valence-corrected chi connectivity index (χ3v) is 3.69. The Balaban J connectivity index is 1.98. The third-order valence-electron chi connectivity index (χ3n) is 3.69.